The number of anilines is 1. The molecular weight excluding hydrogens is 314 g/mol. The van der Waals surface area contributed by atoms with Crippen molar-refractivity contribution >= 4 is 11.7 Å². The number of nitrogens with zero attached hydrogens (tertiary/aromatic N) is 5. The molecular formula is C19H29N5O. The van der Waals surface area contributed by atoms with Crippen LogP contribution in [0.3, 0.4) is 0 Å². The number of aromatic nitrogens is 2. The molecule has 0 saturated carbocycles. The number of fused-ring (bicyclic) bond motifs is 1. The fraction of sp³-hybridized carbons (Fsp3) is 0.737. The molecule has 1 amide bonds. The Morgan fingerprint density at radius 2 is 2.04 bits per heavy atom. The highest BCUT2D eigenvalue weighted by Gasteiger charge is 2.34. The van der Waals surface area contributed by atoms with Gasteiger partial charge in [-0.1, -0.05) is 0 Å². The molecule has 3 heterocycles. The molecule has 1 unspecified atom stereocenters. The zero-order chi connectivity index (χ0) is 17.4. The molecule has 0 N–H and O–H groups in total. The van der Waals surface area contributed by atoms with Gasteiger partial charge in [-0.05, 0) is 56.7 Å². The van der Waals surface area contributed by atoms with Gasteiger partial charge >= 0.3 is 0 Å². The predicted molar refractivity (Wildman–Crippen MR) is 97.7 cm³/mol. The summed E-state index contributed by atoms with van der Waals surface area (Å²) < 4.78 is 0. The van der Waals surface area contributed by atoms with Crippen LogP contribution in [0.15, 0.2) is 6.07 Å². The summed E-state index contributed by atoms with van der Waals surface area (Å²) >= 11 is 0. The van der Waals surface area contributed by atoms with Gasteiger partial charge in [0.2, 0.25) is 5.91 Å². The SMILES string of the molecule is CC(=O)N1CCC(CN(C)C2CN(c3cc4c(nn3)CCCC4)C2)C1. The highest BCUT2D eigenvalue weighted by atomic mass is 16.2. The quantitative estimate of drug-likeness (QED) is 0.826. The normalized spacial score (nSPS) is 23.7. The van der Waals surface area contributed by atoms with Crippen molar-refractivity contribution in [2.24, 2.45) is 5.92 Å². The number of hydrogen-bond donors (Lipinski definition) is 0. The highest BCUT2D eigenvalue weighted by Crippen LogP contribution is 2.27. The van der Waals surface area contributed by atoms with Crippen molar-refractivity contribution in [3.8, 4) is 0 Å². The Labute approximate surface area is 150 Å². The van der Waals surface area contributed by atoms with Crippen molar-refractivity contribution in [1.82, 2.24) is 20.0 Å². The van der Waals surface area contributed by atoms with Crippen molar-refractivity contribution < 1.29 is 4.79 Å². The zero-order valence-electron chi connectivity index (χ0n) is 15.4. The monoisotopic (exact) mass is 343 g/mol. The van der Waals surface area contributed by atoms with E-state index in [2.05, 4.69) is 33.1 Å². The molecule has 25 heavy (non-hydrogen) atoms. The number of carbonyl (C=O) groups excluding carboxylic acids is 1. The second-order valence-electron chi connectivity index (χ2n) is 8.00. The van der Waals surface area contributed by atoms with Gasteiger partial charge < -0.3 is 9.80 Å². The summed E-state index contributed by atoms with van der Waals surface area (Å²) in [6.07, 6.45) is 5.91. The Kier molecular flexibility index (Phi) is 4.63. The molecule has 2 aliphatic heterocycles. The first-order valence-corrected chi connectivity index (χ1v) is 9.66. The number of likely N-dealkylation sites (N-methyl/N-ethyl adjacent to an activating group) is 1. The van der Waals surface area contributed by atoms with Gasteiger partial charge in [0, 0.05) is 45.7 Å². The van der Waals surface area contributed by atoms with Crippen LogP contribution < -0.4 is 4.90 Å². The molecule has 0 spiro atoms. The lowest BCUT2D eigenvalue weighted by atomic mass is 9.96. The molecule has 0 radical (unpaired) electrons. The van der Waals surface area contributed by atoms with Gasteiger partial charge in [0.1, 0.15) is 0 Å². The lowest BCUT2D eigenvalue weighted by molar-refractivity contribution is -0.127. The molecule has 1 atom stereocenters. The Balaban J connectivity index is 1.28. The van der Waals surface area contributed by atoms with E-state index < -0.39 is 0 Å². The van der Waals surface area contributed by atoms with Crippen molar-refractivity contribution in [2.75, 3.05) is 44.7 Å². The molecule has 4 rings (SSSR count). The topological polar surface area (TPSA) is 52.6 Å². The molecule has 6 nitrogen and oxygen atoms in total. The van der Waals surface area contributed by atoms with Crippen LogP contribution in [0.2, 0.25) is 0 Å². The van der Waals surface area contributed by atoms with Crippen LogP contribution in [-0.2, 0) is 17.6 Å². The maximum absolute atomic E-state index is 11.5. The molecule has 2 saturated heterocycles. The molecule has 0 bridgehead atoms. The Morgan fingerprint density at radius 3 is 2.80 bits per heavy atom. The standard InChI is InChI=1S/C19H29N5O/c1-14(25)23-8-7-15(11-23)10-22(2)17-12-24(13-17)19-9-16-5-3-4-6-18(16)20-21-19/h9,15,17H,3-8,10-13H2,1-2H3. The highest BCUT2D eigenvalue weighted by molar-refractivity contribution is 5.73. The minimum absolute atomic E-state index is 0.214. The Hall–Kier alpha value is -1.69. The molecule has 136 valence electrons. The molecule has 0 aromatic carbocycles. The van der Waals surface area contributed by atoms with Gasteiger partial charge in [-0.3, -0.25) is 9.69 Å². The zero-order valence-corrected chi connectivity index (χ0v) is 15.4. The van der Waals surface area contributed by atoms with Crippen molar-refractivity contribution in [1.29, 1.82) is 0 Å². The summed E-state index contributed by atoms with van der Waals surface area (Å²) in [5.74, 6) is 1.88. The van der Waals surface area contributed by atoms with E-state index in [1.807, 2.05) is 4.90 Å². The Morgan fingerprint density at radius 1 is 1.24 bits per heavy atom. The second-order valence-corrected chi connectivity index (χ2v) is 8.00. The average Bonchev–Trinajstić information content (AvgIpc) is 3.02. The van der Waals surface area contributed by atoms with Gasteiger partial charge in [-0.25, -0.2) is 0 Å². The number of aryl methyl sites for hydroxylation is 2. The average molecular weight is 343 g/mol. The minimum atomic E-state index is 0.214. The van der Waals surface area contributed by atoms with Crippen molar-refractivity contribution in [3.05, 3.63) is 17.3 Å². The minimum Gasteiger partial charge on any atom is -0.352 e. The van der Waals surface area contributed by atoms with E-state index in [4.69, 9.17) is 0 Å². The molecule has 1 aromatic rings. The van der Waals surface area contributed by atoms with E-state index in [-0.39, 0.29) is 5.91 Å². The number of amides is 1. The number of rotatable bonds is 4. The maximum atomic E-state index is 11.5. The maximum Gasteiger partial charge on any atom is 0.219 e. The second kappa shape index (κ2) is 6.90. The van der Waals surface area contributed by atoms with E-state index in [1.54, 1.807) is 6.92 Å². The van der Waals surface area contributed by atoms with E-state index in [0.717, 1.165) is 57.8 Å². The van der Waals surface area contributed by atoms with Crippen LogP contribution in [0.25, 0.3) is 0 Å². The third-order valence-corrected chi connectivity index (χ3v) is 6.14. The van der Waals surface area contributed by atoms with Gasteiger partial charge in [-0.15, -0.1) is 5.10 Å². The van der Waals surface area contributed by atoms with Crippen LogP contribution in [0.4, 0.5) is 5.82 Å². The largest absolute Gasteiger partial charge is 0.352 e. The number of likely N-dealkylation sites (tertiary alicyclic amines) is 1. The van der Waals surface area contributed by atoms with Crippen molar-refractivity contribution in [3.63, 3.8) is 0 Å². The van der Waals surface area contributed by atoms with Gasteiger partial charge in [-0.2, -0.15) is 5.10 Å². The summed E-state index contributed by atoms with van der Waals surface area (Å²) in [4.78, 5) is 18.3. The molecule has 3 aliphatic rings. The van der Waals surface area contributed by atoms with Crippen LogP contribution in [0.1, 0.15) is 37.4 Å². The first-order valence-electron chi connectivity index (χ1n) is 9.66. The van der Waals surface area contributed by atoms with E-state index in [1.165, 1.54) is 24.1 Å². The smallest absolute Gasteiger partial charge is 0.219 e. The van der Waals surface area contributed by atoms with Crippen LogP contribution in [-0.4, -0.2) is 71.7 Å². The third kappa shape index (κ3) is 3.50. The summed E-state index contributed by atoms with van der Waals surface area (Å²) in [7, 11) is 2.22. The van der Waals surface area contributed by atoms with Gasteiger partial charge in [0.05, 0.1) is 5.69 Å². The summed E-state index contributed by atoms with van der Waals surface area (Å²) in [6, 6.07) is 2.85. The summed E-state index contributed by atoms with van der Waals surface area (Å²) in [6.45, 7) is 6.68. The van der Waals surface area contributed by atoms with Gasteiger partial charge in [0.15, 0.2) is 5.82 Å². The van der Waals surface area contributed by atoms with E-state index >= 15 is 0 Å². The first kappa shape index (κ1) is 16.8. The van der Waals surface area contributed by atoms with Crippen LogP contribution >= 0.6 is 0 Å². The van der Waals surface area contributed by atoms with Gasteiger partial charge in [0.25, 0.3) is 0 Å². The third-order valence-electron chi connectivity index (χ3n) is 6.14. The summed E-state index contributed by atoms with van der Waals surface area (Å²) in [5, 5.41) is 8.91. The van der Waals surface area contributed by atoms with Crippen molar-refractivity contribution in [2.45, 2.75) is 45.1 Å². The number of carbonyl (C=O) groups is 1. The van der Waals surface area contributed by atoms with Crippen LogP contribution in [0, 0.1) is 5.92 Å². The Bertz CT molecular complexity index is 643. The lowest BCUT2D eigenvalue weighted by Crippen LogP contribution is -2.59. The fourth-order valence-corrected chi connectivity index (χ4v) is 4.38. The first-order chi connectivity index (χ1) is 12.1. The lowest BCUT2D eigenvalue weighted by Gasteiger charge is -2.45. The molecule has 1 aliphatic carbocycles. The van der Waals surface area contributed by atoms with Crippen LogP contribution in [0.5, 0.6) is 0 Å². The number of hydrogen-bond acceptors (Lipinski definition) is 5. The molecule has 1 aromatic heterocycles. The molecule has 2 fully saturated rings. The summed E-state index contributed by atoms with van der Waals surface area (Å²) in [5.41, 5.74) is 2.61. The van der Waals surface area contributed by atoms with E-state index in [0.29, 0.717) is 12.0 Å². The molecule has 6 heteroatoms. The fourth-order valence-electron chi connectivity index (χ4n) is 4.38. The predicted octanol–water partition coefficient (Wildman–Crippen LogP) is 1.34. The van der Waals surface area contributed by atoms with E-state index in [9.17, 15) is 4.79 Å².